The highest BCUT2D eigenvalue weighted by Crippen LogP contribution is 2.14. The average Bonchev–Trinajstić information content (AvgIpc) is 2.75. The molecule has 2 aliphatic rings. The molecule has 6 heteroatoms. The number of thiocarbonyl (C=S) groups is 1. The third kappa shape index (κ3) is 6.15. The lowest BCUT2D eigenvalue weighted by atomic mass is 10.2. The third-order valence-corrected chi connectivity index (χ3v) is 4.20. The van der Waals surface area contributed by atoms with E-state index >= 15 is 0 Å². The van der Waals surface area contributed by atoms with Crippen molar-refractivity contribution in [2.45, 2.75) is 38.5 Å². The molecular formula is C14H27N4OS+. The van der Waals surface area contributed by atoms with Crippen LogP contribution in [0, 0.1) is 0 Å². The molecule has 114 valence electrons. The van der Waals surface area contributed by atoms with E-state index in [1.165, 1.54) is 31.4 Å². The summed E-state index contributed by atoms with van der Waals surface area (Å²) in [5.74, 6) is 0. The highest BCUT2D eigenvalue weighted by molar-refractivity contribution is 7.80. The fourth-order valence-corrected chi connectivity index (χ4v) is 2.83. The summed E-state index contributed by atoms with van der Waals surface area (Å²) in [4.78, 5) is 1.58. The quantitative estimate of drug-likeness (QED) is 0.391. The van der Waals surface area contributed by atoms with Crippen molar-refractivity contribution in [3.63, 3.8) is 0 Å². The van der Waals surface area contributed by atoms with Crippen LogP contribution in [-0.2, 0) is 4.74 Å². The first-order chi connectivity index (χ1) is 9.84. The standard InChI is InChI=1S/C14H26N4OS/c20-14(15-7-8-18-9-11-19-12-10-18)17-16-13-5-3-1-2-4-6-13/h1-12H2,(H2,15,17,20)/p+1. The van der Waals surface area contributed by atoms with Gasteiger partial charge >= 0.3 is 0 Å². The Hall–Kier alpha value is -0.720. The van der Waals surface area contributed by atoms with Gasteiger partial charge in [0.15, 0.2) is 5.11 Å². The zero-order valence-corrected chi connectivity index (χ0v) is 13.1. The van der Waals surface area contributed by atoms with Gasteiger partial charge in [0.05, 0.1) is 26.3 Å². The number of nitrogens with zero attached hydrogens (tertiary/aromatic N) is 1. The Morgan fingerprint density at radius 2 is 1.85 bits per heavy atom. The van der Waals surface area contributed by atoms with Crippen LogP contribution in [0.2, 0.25) is 0 Å². The second-order valence-electron chi connectivity index (χ2n) is 5.57. The molecule has 5 nitrogen and oxygen atoms in total. The molecule has 0 atom stereocenters. The van der Waals surface area contributed by atoms with E-state index in [2.05, 4.69) is 15.8 Å². The Kier molecular flexibility index (Phi) is 7.25. The smallest absolute Gasteiger partial charge is 0.187 e. The molecule has 2 fully saturated rings. The summed E-state index contributed by atoms with van der Waals surface area (Å²) in [6, 6.07) is 0. The van der Waals surface area contributed by atoms with Gasteiger partial charge in [-0.3, -0.25) is 5.43 Å². The topological polar surface area (TPSA) is 50.1 Å². The van der Waals surface area contributed by atoms with Crippen LogP contribution in [0.5, 0.6) is 0 Å². The summed E-state index contributed by atoms with van der Waals surface area (Å²) >= 11 is 5.26. The predicted molar refractivity (Wildman–Crippen MR) is 85.3 cm³/mol. The van der Waals surface area contributed by atoms with Gasteiger partial charge in [-0.25, -0.2) is 0 Å². The second kappa shape index (κ2) is 9.26. The van der Waals surface area contributed by atoms with E-state index in [0.29, 0.717) is 5.11 Å². The lowest BCUT2D eigenvalue weighted by Crippen LogP contribution is -3.14. The Bertz CT molecular complexity index is 319. The number of hydrogen-bond acceptors (Lipinski definition) is 3. The molecule has 0 aromatic rings. The van der Waals surface area contributed by atoms with Crippen LogP contribution in [0.3, 0.4) is 0 Å². The molecule has 0 aromatic heterocycles. The number of hydrogen-bond donors (Lipinski definition) is 3. The Labute approximate surface area is 127 Å². The number of nitrogens with one attached hydrogen (secondary N) is 3. The summed E-state index contributed by atoms with van der Waals surface area (Å²) in [6.45, 7) is 5.94. The molecular weight excluding hydrogens is 272 g/mol. The zero-order chi connectivity index (χ0) is 14.0. The first kappa shape index (κ1) is 15.7. The van der Waals surface area contributed by atoms with Gasteiger partial charge in [0, 0.05) is 5.71 Å². The van der Waals surface area contributed by atoms with Crippen molar-refractivity contribution in [3.05, 3.63) is 0 Å². The molecule has 0 radical (unpaired) electrons. The van der Waals surface area contributed by atoms with E-state index < -0.39 is 0 Å². The maximum absolute atomic E-state index is 5.35. The van der Waals surface area contributed by atoms with Crippen molar-refractivity contribution in [2.75, 3.05) is 39.4 Å². The number of morpholine rings is 1. The molecule has 2 rings (SSSR count). The van der Waals surface area contributed by atoms with E-state index in [4.69, 9.17) is 17.0 Å². The van der Waals surface area contributed by atoms with Crippen molar-refractivity contribution in [3.8, 4) is 0 Å². The molecule has 1 aliphatic carbocycles. The summed E-state index contributed by atoms with van der Waals surface area (Å²) < 4.78 is 5.35. The number of hydrazone groups is 1. The minimum Gasteiger partial charge on any atom is -0.370 e. The van der Waals surface area contributed by atoms with Gasteiger partial charge in [0.25, 0.3) is 0 Å². The van der Waals surface area contributed by atoms with Gasteiger partial charge in [0.1, 0.15) is 13.1 Å². The van der Waals surface area contributed by atoms with Gasteiger partial charge in [-0.15, -0.1) is 0 Å². The molecule has 1 saturated carbocycles. The molecule has 1 aliphatic heterocycles. The van der Waals surface area contributed by atoms with Gasteiger partial charge in [-0.05, 0) is 37.9 Å². The molecule has 0 spiro atoms. The van der Waals surface area contributed by atoms with E-state index in [1.807, 2.05) is 0 Å². The van der Waals surface area contributed by atoms with Gasteiger partial charge in [-0.1, -0.05) is 12.8 Å². The summed E-state index contributed by atoms with van der Waals surface area (Å²) in [7, 11) is 0. The normalized spacial score (nSPS) is 21.1. The number of quaternary nitrogens is 1. The maximum atomic E-state index is 5.35. The molecule has 1 saturated heterocycles. The van der Waals surface area contributed by atoms with Crippen LogP contribution in [0.25, 0.3) is 0 Å². The van der Waals surface area contributed by atoms with Crippen LogP contribution in [-0.4, -0.2) is 50.2 Å². The molecule has 0 bridgehead atoms. The van der Waals surface area contributed by atoms with Crippen LogP contribution in [0.15, 0.2) is 5.10 Å². The molecule has 1 heterocycles. The minimum atomic E-state index is 0.648. The largest absolute Gasteiger partial charge is 0.370 e. The van der Waals surface area contributed by atoms with E-state index in [1.54, 1.807) is 4.90 Å². The van der Waals surface area contributed by atoms with Crippen molar-refractivity contribution in [1.82, 2.24) is 10.7 Å². The monoisotopic (exact) mass is 299 g/mol. The maximum Gasteiger partial charge on any atom is 0.187 e. The fraction of sp³-hybridized carbons (Fsp3) is 0.857. The predicted octanol–water partition coefficient (Wildman–Crippen LogP) is 0.0758. The third-order valence-electron chi connectivity index (χ3n) is 3.96. The average molecular weight is 299 g/mol. The minimum absolute atomic E-state index is 0.648. The zero-order valence-electron chi connectivity index (χ0n) is 12.2. The van der Waals surface area contributed by atoms with Gasteiger partial charge in [-0.2, -0.15) is 5.10 Å². The SMILES string of the molecule is S=C(NCC[NH+]1CCOCC1)NN=C1CCCCCC1. The first-order valence-electron chi connectivity index (χ1n) is 7.85. The van der Waals surface area contributed by atoms with Crippen LogP contribution in [0.4, 0.5) is 0 Å². The van der Waals surface area contributed by atoms with Gasteiger partial charge in [0.2, 0.25) is 0 Å². The Morgan fingerprint density at radius 3 is 2.55 bits per heavy atom. The lowest BCUT2D eigenvalue weighted by molar-refractivity contribution is -0.906. The van der Waals surface area contributed by atoms with E-state index in [0.717, 1.165) is 52.2 Å². The van der Waals surface area contributed by atoms with E-state index in [9.17, 15) is 0 Å². The second-order valence-corrected chi connectivity index (χ2v) is 5.98. The highest BCUT2D eigenvalue weighted by Gasteiger charge is 2.12. The van der Waals surface area contributed by atoms with Crippen LogP contribution < -0.4 is 15.6 Å². The van der Waals surface area contributed by atoms with Crippen molar-refractivity contribution < 1.29 is 9.64 Å². The van der Waals surface area contributed by atoms with Crippen molar-refractivity contribution >= 4 is 23.0 Å². The Morgan fingerprint density at radius 1 is 1.15 bits per heavy atom. The first-order valence-corrected chi connectivity index (χ1v) is 8.26. The molecule has 0 unspecified atom stereocenters. The lowest BCUT2D eigenvalue weighted by Gasteiger charge is -2.23. The highest BCUT2D eigenvalue weighted by atomic mass is 32.1. The Balaban J connectivity index is 1.58. The summed E-state index contributed by atoms with van der Waals surface area (Å²) in [5, 5.41) is 8.33. The number of rotatable bonds is 4. The fourth-order valence-electron chi connectivity index (χ4n) is 2.68. The summed E-state index contributed by atoms with van der Waals surface area (Å²) in [6.07, 6.45) is 7.44. The molecule has 20 heavy (non-hydrogen) atoms. The van der Waals surface area contributed by atoms with E-state index in [-0.39, 0.29) is 0 Å². The van der Waals surface area contributed by atoms with Crippen LogP contribution >= 0.6 is 12.2 Å². The van der Waals surface area contributed by atoms with Crippen molar-refractivity contribution in [2.24, 2.45) is 5.10 Å². The summed E-state index contributed by atoms with van der Waals surface area (Å²) in [5.41, 5.74) is 4.26. The molecule has 0 amide bonds. The molecule has 3 N–H and O–H groups in total. The van der Waals surface area contributed by atoms with Crippen LogP contribution in [0.1, 0.15) is 38.5 Å². The van der Waals surface area contributed by atoms with Crippen molar-refractivity contribution in [1.29, 1.82) is 0 Å². The molecule has 0 aromatic carbocycles. The van der Waals surface area contributed by atoms with Gasteiger partial charge < -0.3 is 15.0 Å². The number of ether oxygens (including phenoxy) is 1.